The molecule has 0 atom stereocenters. The zero-order valence-corrected chi connectivity index (χ0v) is 16.8. The summed E-state index contributed by atoms with van der Waals surface area (Å²) >= 11 is 0. The van der Waals surface area contributed by atoms with Gasteiger partial charge in [0.25, 0.3) is 0 Å². The van der Waals surface area contributed by atoms with Crippen molar-refractivity contribution in [2.75, 3.05) is 13.9 Å². The number of fused-ring (bicyclic) bond motifs is 6. The van der Waals surface area contributed by atoms with Gasteiger partial charge in [0.15, 0.2) is 6.79 Å². The number of hydrogen-bond donors (Lipinski definition) is 0. The first-order valence-corrected chi connectivity index (χ1v) is 10.2. The second-order valence-corrected chi connectivity index (χ2v) is 7.69. The Labute approximate surface area is 175 Å². The Morgan fingerprint density at radius 2 is 1.53 bits per heavy atom. The van der Waals surface area contributed by atoms with E-state index in [2.05, 4.69) is 89.5 Å². The quantitative estimate of drug-likeness (QED) is 0.321. The number of hydrogen-bond acceptors (Lipinski definition) is 2. The molecule has 3 heteroatoms. The second-order valence-electron chi connectivity index (χ2n) is 7.69. The summed E-state index contributed by atoms with van der Waals surface area (Å²) in [6.07, 6.45) is 0. The highest BCUT2D eigenvalue weighted by molar-refractivity contribution is 6.13. The molecular weight excluding hydrogens is 370 g/mol. The lowest BCUT2D eigenvalue weighted by atomic mass is 9.92. The van der Waals surface area contributed by atoms with Gasteiger partial charge < -0.3 is 14.0 Å². The highest BCUT2D eigenvalue weighted by Crippen LogP contribution is 2.50. The maximum absolute atomic E-state index is 6.08. The number of benzene rings is 4. The van der Waals surface area contributed by atoms with Crippen molar-refractivity contribution in [2.45, 2.75) is 6.54 Å². The summed E-state index contributed by atoms with van der Waals surface area (Å²) in [6.45, 7) is 1.11. The predicted octanol–water partition coefficient (Wildman–Crippen LogP) is 6.47. The third-order valence-electron chi connectivity index (χ3n) is 6.04. The van der Waals surface area contributed by atoms with Crippen LogP contribution in [0.15, 0.2) is 84.9 Å². The molecule has 0 aliphatic carbocycles. The lowest BCUT2D eigenvalue weighted by Crippen LogP contribution is -2.01. The lowest BCUT2D eigenvalue weighted by Gasteiger charge is -2.15. The molecule has 0 radical (unpaired) electrons. The van der Waals surface area contributed by atoms with E-state index in [9.17, 15) is 0 Å². The highest BCUT2D eigenvalue weighted by atomic mass is 16.7. The van der Waals surface area contributed by atoms with E-state index >= 15 is 0 Å². The Bertz CT molecular complexity index is 1410. The van der Waals surface area contributed by atoms with Gasteiger partial charge in [-0.25, -0.2) is 0 Å². The van der Waals surface area contributed by atoms with Crippen molar-refractivity contribution in [1.82, 2.24) is 4.57 Å². The van der Waals surface area contributed by atoms with E-state index in [4.69, 9.17) is 9.47 Å². The summed E-state index contributed by atoms with van der Waals surface area (Å²) < 4.78 is 13.8. The minimum Gasteiger partial charge on any atom is -0.467 e. The van der Waals surface area contributed by atoms with Crippen molar-refractivity contribution in [3.05, 3.63) is 90.5 Å². The minimum atomic E-state index is 0.218. The van der Waals surface area contributed by atoms with Gasteiger partial charge in [-0.2, -0.15) is 0 Å². The van der Waals surface area contributed by atoms with Crippen molar-refractivity contribution < 1.29 is 9.47 Å². The number of ether oxygens (including phenoxy) is 2. The first-order valence-electron chi connectivity index (χ1n) is 10.2. The van der Waals surface area contributed by atoms with Crippen LogP contribution < -0.4 is 4.74 Å². The third-order valence-corrected chi connectivity index (χ3v) is 6.04. The standard InChI is InChI=1S/C27H21NO2/c1-29-17-30-24-15-14-18-8-2-4-10-20(18)25(24)26-22-12-6-7-13-23(22)28-16-19-9-3-5-11-21(19)27(26)28/h2-15H,16-17H2,1H3. The molecule has 4 aromatic carbocycles. The van der Waals surface area contributed by atoms with Gasteiger partial charge in [-0.3, -0.25) is 0 Å². The van der Waals surface area contributed by atoms with Crippen LogP contribution in [-0.2, 0) is 11.3 Å². The summed E-state index contributed by atoms with van der Waals surface area (Å²) in [5.41, 5.74) is 7.55. The normalized spacial score (nSPS) is 12.3. The van der Waals surface area contributed by atoms with Crippen molar-refractivity contribution in [3.8, 4) is 28.1 Å². The van der Waals surface area contributed by atoms with Gasteiger partial charge >= 0.3 is 0 Å². The van der Waals surface area contributed by atoms with Crippen LogP contribution in [0.25, 0.3) is 44.1 Å². The summed E-state index contributed by atoms with van der Waals surface area (Å²) in [4.78, 5) is 0. The molecule has 1 aliphatic rings. The Balaban J connectivity index is 1.77. The molecule has 0 unspecified atom stereocenters. The molecule has 1 aromatic heterocycles. The Hall–Kier alpha value is -3.56. The predicted molar refractivity (Wildman–Crippen MR) is 122 cm³/mol. The fourth-order valence-electron chi connectivity index (χ4n) is 4.81. The lowest BCUT2D eigenvalue weighted by molar-refractivity contribution is 0.0516. The van der Waals surface area contributed by atoms with Crippen LogP contribution >= 0.6 is 0 Å². The number of para-hydroxylation sites is 1. The van der Waals surface area contributed by atoms with Gasteiger partial charge in [0, 0.05) is 41.2 Å². The average molecular weight is 391 g/mol. The zero-order valence-electron chi connectivity index (χ0n) is 16.8. The molecule has 5 aromatic rings. The van der Waals surface area contributed by atoms with E-state index in [0.717, 1.165) is 17.9 Å². The van der Waals surface area contributed by atoms with E-state index < -0.39 is 0 Å². The van der Waals surface area contributed by atoms with Crippen LogP contribution in [0.4, 0.5) is 0 Å². The van der Waals surface area contributed by atoms with Crippen LogP contribution in [0.2, 0.25) is 0 Å². The number of methoxy groups -OCH3 is 1. The Morgan fingerprint density at radius 3 is 2.43 bits per heavy atom. The summed E-state index contributed by atoms with van der Waals surface area (Å²) in [6, 6.07) is 30.1. The third kappa shape index (κ3) is 2.42. The van der Waals surface area contributed by atoms with Gasteiger partial charge in [0.05, 0.1) is 5.69 Å². The maximum Gasteiger partial charge on any atom is 0.188 e. The van der Waals surface area contributed by atoms with E-state index in [1.165, 1.54) is 44.1 Å². The van der Waals surface area contributed by atoms with Crippen molar-refractivity contribution in [3.63, 3.8) is 0 Å². The monoisotopic (exact) mass is 391 g/mol. The molecule has 0 bridgehead atoms. The molecule has 1 aliphatic heterocycles. The minimum absolute atomic E-state index is 0.218. The molecule has 2 heterocycles. The van der Waals surface area contributed by atoms with E-state index in [-0.39, 0.29) is 6.79 Å². The summed E-state index contributed by atoms with van der Waals surface area (Å²) in [7, 11) is 1.66. The van der Waals surface area contributed by atoms with Crippen molar-refractivity contribution in [2.24, 2.45) is 0 Å². The van der Waals surface area contributed by atoms with Crippen LogP contribution in [-0.4, -0.2) is 18.5 Å². The second kappa shape index (κ2) is 6.75. The molecule has 30 heavy (non-hydrogen) atoms. The first-order chi connectivity index (χ1) is 14.9. The van der Waals surface area contributed by atoms with Gasteiger partial charge in [0.1, 0.15) is 5.75 Å². The topological polar surface area (TPSA) is 23.4 Å². The van der Waals surface area contributed by atoms with E-state index in [0.29, 0.717) is 0 Å². The SMILES string of the molecule is COCOc1ccc2ccccc2c1-c1c2n(c3ccccc13)Cc1ccccc1-2. The van der Waals surface area contributed by atoms with E-state index in [1.54, 1.807) is 7.11 Å². The molecule has 0 spiro atoms. The molecule has 6 rings (SSSR count). The Kier molecular flexibility index (Phi) is 3.90. The number of aromatic nitrogens is 1. The van der Waals surface area contributed by atoms with Crippen molar-refractivity contribution >= 4 is 21.7 Å². The van der Waals surface area contributed by atoms with Gasteiger partial charge in [0.2, 0.25) is 0 Å². The molecule has 0 amide bonds. The van der Waals surface area contributed by atoms with Gasteiger partial charge in [-0.05, 0) is 28.5 Å². The average Bonchev–Trinajstić information content (AvgIpc) is 3.32. The smallest absolute Gasteiger partial charge is 0.188 e. The molecule has 0 saturated carbocycles. The molecule has 146 valence electrons. The molecule has 0 saturated heterocycles. The van der Waals surface area contributed by atoms with Gasteiger partial charge in [-0.15, -0.1) is 0 Å². The fourth-order valence-corrected chi connectivity index (χ4v) is 4.81. The van der Waals surface area contributed by atoms with Crippen LogP contribution in [0.5, 0.6) is 5.75 Å². The number of nitrogens with zero attached hydrogens (tertiary/aromatic N) is 1. The van der Waals surface area contributed by atoms with Crippen LogP contribution in [0.1, 0.15) is 5.56 Å². The Morgan fingerprint density at radius 1 is 0.767 bits per heavy atom. The maximum atomic E-state index is 6.08. The molecule has 3 nitrogen and oxygen atoms in total. The summed E-state index contributed by atoms with van der Waals surface area (Å²) in [5, 5.41) is 3.64. The molecule has 0 fully saturated rings. The van der Waals surface area contributed by atoms with Crippen molar-refractivity contribution in [1.29, 1.82) is 0 Å². The van der Waals surface area contributed by atoms with Crippen LogP contribution in [0.3, 0.4) is 0 Å². The first kappa shape index (κ1) is 17.3. The van der Waals surface area contributed by atoms with Gasteiger partial charge in [-0.1, -0.05) is 72.8 Å². The number of rotatable bonds is 4. The van der Waals surface area contributed by atoms with E-state index in [1.807, 2.05) is 0 Å². The summed E-state index contributed by atoms with van der Waals surface area (Å²) in [5.74, 6) is 0.846. The van der Waals surface area contributed by atoms with Crippen LogP contribution in [0, 0.1) is 0 Å². The zero-order chi connectivity index (χ0) is 20.1. The molecular formula is C27H21NO2. The highest BCUT2D eigenvalue weighted by Gasteiger charge is 2.28. The fraction of sp³-hybridized carbons (Fsp3) is 0.111. The molecule has 0 N–H and O–H groups in total. The largest absolute Gasteiger partial charge is 0.467 e.